The average Bonchev–Trinajstić information content (AvgIpc) is 3.95. The van der Waals surface area contributed by atoms with E-state index in [2.05, 4.69) is 241 Å². The topological polar surface area (TPSA) is 16.4 Å². The Balaban J connectivity index is 0.968. The Bertz CT molecular complexity index is 3750. The molecule has 0 bridgehead atoms. The molecule has 0 amide bonds. The Hall–Kier alpha value is -8.72. The van der Waals surface area contributed by atoms with Crippen LogP contribution in [-0.4, -0.2) is 0 Å². The summed E-state index contributed by atoms with van der Waals surface area (Å²) in [5.74, 6) is 0. The van der Waals surface area contributed by atoms with Crippen LogP contribution in [0.2, 0.25) is 0 Å². The third kappa shape index (κ3) is 6.18. The van der Waals surface area contributed by atoms with Gasteiger partial charge in [0.05, 0.1) is 0 Å². The van der Waals surface area contributed by atoms with E-state index in [1.807, 2.05) is 12.1 Å². The molecule has 0 fully saturated rings. The molecule has 0 aliphatic heterocycles. The lowest BCUT2D eigenvalue weighted by molar-refractivity contribution is 0.670. The molecule has 0 spiro atoms. The monoisotopic (exact) mass is 839 g/mol. The molecule has 0 radical (unpaired) electrons. The maximum Gasteiger partial charge on any atom is 0.143 e. The summed E-state index contributed by atoms with van der Waals surface area (Å²) >= 11 is 0. The standard InChI is InChI=1S/C64H41NO/c1-4-15-42(16-5-1)43-29-35-49(36-30-43)65(50-37-31-45(32-38-50)52-24-14-25-54-53-23-10-11-28-59(53)66-64(52)54)51-39-33-46(34-40-51)57-41-58(44-17-6-2-7-18-44)62-55-26-12-21-47-22-13-27-56(60(47)55)63(62)61(57)48-19-8-3-9-20-48/h1-41H. The number of para-hydroxylation sites is 2. The summed E-state index contributed by atoms with van der Waals surface area (Å²) < 4.78 is 6.46. The first-order chi connectivity index (χ1) is 32.7. The SMILES string of the molecule is c1ccc(-c2ccc(N(c3ccc(-c4cc(-c5ccccc5)c5c(c4-c4ccccc4)-c4cccc6cccc-5c46)cc3)c3ccc(-c4cccc5c4oc4ccccc45)cc3)cc2)cc1. The number of hydrogen-bond acceptors (Lipinski definition) is 2. The first-order valence-corrected chi connectivity index (χ1v) is 22.7. The Morgan fingerprint density at radius 3 is 1.35 bits per heavy atom. The second-order valence-corrected chi connectivity index (χ2v) is 17.2. The highest BCUT2D eigenvalue weighted by Crippen LogP contribution is 2.57. The van der Waals surface area contributed by atoms with Gasteiger partial charge in [-0.25, -0.2) is 0 Å². The van der Waals surface area contributed by atoms with Crippen LogP contribution in [-0.2, 0) is 0 Å². The minimum absolute atomic E-state index is 0.902. The fourth-order valence-electron chi connectivity index (χ4n) is 10.4. The quantitative estimate of drug-likeness (QED) is 0.152. The fraction of sp³-hybridized carbons (Fsp3) is 0. The lowest BCUT2D eigenvalue weighted by Crippen LogP contribution is -2.09. The highest BCUT2D eigenvalue weighted by atomic mass is 16.3. The van der Waals surface area contributed by atoms with E-state index in [4.69, 9.17) is 4.42 Å². The molecule has 13 rings (SSSR count). The Morgan fingerprint density at radius 2 is 0.712 bits per heavy atom. The molecule has 2 heteroatoms. The molecule has 11 aromatic carbocycles. The lowest BCUT2D eigenvalue weighted by Gasteiger charge is -2.26. The maximum absolute atomic E-state index is 6.46. The van der Waals surface area contributed by atoms with Gasteiger partial charge in [-0.05, 0) is 132 Å². The van der Waals surface area contributed by atoms with Gasteiger partial charge in [-0.15, -0.1) is 0 Å². The van der Waals surface area contributed by atoms with E-state index in [1.165, 1.54) is 72.0 Å². The minimum atomic E-state index is 0.902. The van der Waals surface area contributed by atoms with Crippen LogP contribution in [0.5, 0.6) is 0 Å². The molecule has 0 atom stereocenters. The van der Waals surface area contributed by atoms with Crippen LogP contribution in [0.4, 0.5) is 17.1 Å². The molecule has 1 aliphatic carbocycles. The van der Waals surface area contributed by atoms with Crippen LogP contribution >= 0.6 is 0 Å². The largest absolute Gasteiger partial charge is 0.455 e. The van der Waals surface area contributed by atoms with Gasteiger partial charge in [0.15, 0.2) is 0 Å². The van der Waals surface area contributed by atoms with Gasteiger partial charge < -0.3 is 9.32 Å². The van der Waals surface area contributed by atoms with Gasteiger partial charge in [0, 0.05) is 33.4 Å². The summed E-state index contributed by atoms with van der Waals surface area (Å²) in [7, 11) is 0. The van der Waals surface area contributed by atoms with E-state index in [1.54, 1.807) is 0 Å². The molecule has 12 aromatic rings. The summed E-state index contributed by atoms with van der Waals surface area (Å²) in [4.78, 5) is 2.36. The van der Waals surface area contributed by atoms with Crippen molar-refractivity contribution in [1.82, 2.24) is 0 Å². The molecular formula is C64H41NO. The van der Waals surface area contributed by atoms with Crippen molar-refractivity contribution in [2.45, 2.75) is 0 Å². The molecular weight excluding hydrogens is 799 g/mol. The summed E-state index contributed by atoms with van der Waals surface area (Å²) in [6, 6.07) is 90.1. The van der Waals surface area contributed by atoms with E-state index >= 15 is 0 Å². The minimum Gasteiger partial charge on any atom is -0.455 e. The van der Waals surface area contributed by atoms with Gasteiger partial charge in [-0.1, -0.05) is 200 Å². The van der Waals surface area contributed by atoms with Gasteiger partial charge in [0.2, 0.25) is 0 Å². The second-order valence-electron chi connectivity index (χ2n) is 17.2. The van der Waals surface area contributed by atoms with E-state index in [0.717, 1.165) is 55.7 Å². The lowest BCUT2D eigenvalue weighted by atomic mass is 9.82. The van der Waals surface area contributed by atoms with Crippen molar-refractivity contribution in [1.29, 1.82) is 0 Å². The first kappa shape index (κ1) is 37.8. The Kier molecular flexibility index (Phi) is 8.89. The fourth-order valence-corrected chi connectivity index (χ4v) is 10.4. The molecule has 308 valence electrons. The van der Waals surface area contributed by atoms with E-state index in [-0.39, 0.29) is 0 Å². The second kappa shape index (κ2) is 15.5. The zero-order valence-corrected chi connectivity index (χ0v) is 36.0. The molecule has 0 saturated heterocycles. The number of hydrogen-bond donors (Lipinski definition) is 0. The van der Waals surface area contributed by atoms with Crippen LogP contribution in [0.3, 0.4) is 0 Å². The van der Waals surface area contributed by atoms with Crippen molar-refractivity contribution < 1.29 is 4.42 Å². The average molecular weight is 840 g/mol. The highest BCUT2D eigenvalue weighted by molar-refractivity contribution is 6.22. The van der Waals surface area contributed by atoms with E-state index in [0.29, 0.717) is 0 Å². The molecule has 1 aliphatic rings. The van der Waals surface area contributed by atoms with Crippen LogP contribution in [0.15, 0.2) is 253 Å². The van der Waals surface area contributed by atoms with Crippen LogP contribution in [0.1, 0.15) is 0 Å². The number of rotatable bonds is 8. The predicted molar refractivity (Wildman–Crippen MR) is 278 cm³/mol. The number of anilines is 3. The molecule has 1 heterocycles. The first-order valence-electron chi connectivity index (χ1n) is 22.7. The van der Waals surface area contributed by atoms with Crippen LogP contribution in [0, 0.1) is 0 Å². The number of fused-ring (bicyclic) bond motifs is 6. The number of nitrogens with zero attached hydrogens (tertiary/aromatic N) is 1. The van der Waals surface area contributed by atoms with Gasteiger partial charge >= 0.3 is 0 Å². The summed E-state index contributed by atoms with van der Waals surface area (Å²) in [5, 5.41) is 4.85. The van der Waals surface area contributed by atoms with Crippen molar-refractivity contribution in [3.63, 3.8) is 0 Å². The molecule has 0 N–H and O–H groups in total. The van der Waals surface area contributed by atoms with Crippen molar-refractivity contribution in [2.24, 2.45) is 0 Å². The molecule has 66 heavy (non-hydrogen) atoms. The summed E-state index contributed by atoms with van der Waals surface area (Å²) in [6.45, 7) is 0. The smallest absolute Gasteiger partial charge is 0.143 e. The van der Waals surface area contributed by atoms with Gasteiger partial charge in [-0.2, -0.15) is 0 Å². The number of furan rings is 1. The van der Waals surface area contributed by atoms with Gasteiger partial charge in [-0.3, -0.25) is 0 Å². The normalized spacial score (nSPS) is 11.6. The van der Waals surface area contributed by atoms with E-state index < -0.39 is 0 Å². The number of benzene rings is 11. The molecule has 2 nitrogen and oxygen atoms in total. The summed E-state index contributed by atoms with van der Waals surface area (Å²) in [6.07, 6.45) is 0. The Morgan fingerprint density at radius 1 is 0.273 bits per heavy atom. The van der Waals surface area contributed by atoms with Crippen molar-refractivity contribution >= 4 is 49.8 Å². The third-order valence-electron chi connectivity index (χ3n) is 13.4. The zero-order chi connectivity index (χ0) is 43.6. The predicted octanol–water partition coefficient (Wildman–Crippen LogP) is 18.2. The van der Waals surface area contributed by atoms with Gasteiger partial charge in [0.1, 0.15) is 11.2 Å². The van der Waals surface area contributed by atoms with Crippen LogP contribution < -0.4 is 4.90 Å². The van der Waals surface area contributed by atoms with E-state index in [9.17, 15) is 0 Å². The van der Waals surface area contributed by atoms with Crippen LogP contribution in [0.25, 0.3) is 111 Å². The zero-order valence-electron chi connectivity index (χ0n) is 36.0. The third-order valence-corrected chi connectivity index (χ3v) is 13.4. The van der Waals surface area contributed by atoms with Gasteiger partial charge in [0.25, 0.3) is 0 Å². The van der Waals surface area contributed by atoms with Crippen molar-refractivity contribution in [3.8, 4) is 77.9 Å². The summed E-state index contributed by atoms with van der Waals surface area (Å²) in [5.41, 5.74) is 22.1. The molecule has 1 aromatic heterocycles. The van der Waals surface area contributed by atoms with Crippen molar-refractivity contribution in [2.75, 3.05) is 4.90 Å². The molecule has 0 unspecified atom stereocenters. The van der Waals surface area contributed by atoms with Crippen molar-refractivity contribution in [3.05, 3.63) is 249 Å². The highest BCUT2D eigenvalue weighted by Gasteiger charge is 2.30. The molecule has 0 saturated carbocycles. The maximum atomic E-state index is 6.46. The Labute approximate surface area is 383 Å².